The van der Waals surface area contributed by atoms with Crippen LogP contribution in [-0.2, 0) is 4.79 Å². The number of carbonyl (C=O) groups excluding carboxylic acids is 1. The van der Waals surface area contributed by atoms with E-state index in [4.69, 9.17) is 4.74 Å². The number of hydrogen-bond donors (Lipinski definition) is 0. The number of aldehydes is 1. The van der Waals surface area contributed by atoms with Crippen LogP contribution in [0.3, 0.4) is 0 Å². The number of aryl methyl sites for hydroxylation is 1. The topological polar surface area (TPSA) is 26.3 Å². The van der Waals surface area contributed by atoms with Gasteiger partial charge in [-0.1, -0.05) is 0 Å². The second-order valence-corrected chi connectivity index (χ2v) is 3.86. The highest BCUT2D eigenvalue weighted by Gasteiger charge is 2.20. The summed E-state index contributed by atoms with van der Waals surface area (Å²) >= 11 is 0. The minimum Gasteiger partial charge on any atom is -0.480 e. The lowest BCUT2D eigenvalue weighted by molar-refractivity contribution is -0.119. The van der Waals surface area contributed by atoms with Crippen LogP contribution in [0.1, 0.15) is 19.4 Å². The van der Waals surface area contributed by atoms with Crippen LogP contribution in [-0.4, -0.2) is 11.9 Å². The minimum atomic E-state index is -1.05. The van der Waals surface area contributed by atoms with Crippen molar-refractivity contribution in [3.8, 4) is 5.75 Å². The molecule has 1 aromatic rings. The summed E-state index contributed by atoms with van der Waals surface area (Å²) in [6, 6.07) is 1.97. The van der Waals surface area contributed by atoms with Gasteiger partial charge in [0.2, 0.25) is 0 Å². The van der Waals surface area contributed by atoms with Crippen molar-refractivity contribution < 1.29 is 18.3 Å². The summed E-state index contributed by atoms with van der Waals surface area (Å²) < 4.78 is 30.9. The van der Waals surface area contributed by atoms with E-state index in [1.54, 1.807) is 20.8 Å². The molecule has 0 radical (unpaired) electrons. The molecular formula is C11H12F2O2. The van der Waals surface area contributed by atoms with Crippen LogP contribution in [0.25, 0.3) is 0 Å². The molecule has 0 amide bonds. The van der Waals surface area contributed by atoms with Crippen LogP contribution in [0.5, 0.6) is 5.75 Å². The summed E-state index contributed by atoms with van der Waals surface area (Å²) in [4.78, 5) is 10.6. The molecule has 0 bridgehead atoms. The highest BCUT2D eigenvalue weighted by atomic mass is 19.2. The average molecular weight is 214 g/mol. The van der Waals surface area contributed by atoms with Crippen LogP contribution in [0.15, 0.2) is 12.1 Å². The number of rotatable bonds is 3. The second-order valence-electron chi connectivity index (χ2n) is 3.86. The predicted molar refractivity (Wildman–Crippen MR) is 51.9 cm³/mol. The number of hydrogen-bond acceptors (Lipinski definition) is 2. The van der Waals surface area contributed by atoms with Gasteiger partial charge >= 0.3 is 0 Å². The Morgan fingerprint density at radius 2 is 1.80 bits per heavy atom. The Labute approximate surface area is 86.9 Å². The highest BCUT2D eigenvalue weighted by Crippen LogP contribution is 2.24. The Bertz CT molecular complexity index is 386. The predicted octanol–water partition coefficient (Wildman–Crippen LogP) is 2.63. The lowest BCUT2D eigenvalue weighted by Crippen LogP contribution is -2.30. The third-order valence-corrected chi connectivity index (χ3v) is 1.87. The lowest BCUT2D eigenvalue weighted by Gasteiger charge is -2.21. The molecule has 0 unspecified atom stereocenters. The monoisotopic (exact) mass is 214 g/mol. The Balaban J connectivity index is 3.06. The Morgan fingerprint density at radius 1 is 1.27 bits per heavy atom. The van der Waals surface area contributed by atoms with Crippen molar-refractivity contribution >= 4 is 6.29 Å². The van der Waals surface area contributed by atoms with E-state index >= 15 is 0 Å². The van der Waals surface area contributed by atoms with Gasteiger partial charge in [-0.15, -0.1) is 0 Å². The Hall–Kier alpha value is -1.45. The largest absolute Gasteiger partial charge is 0.480 e. The van der Waals surface area contributed by atoms with Gasteiger partial charge in [0, 0.05) is 6.07 Å². The maximum absolute atomic E-state index is 12.9. The van der Waals surface area contributed by atoms with Crippen molar-refractivity contribution in [1.82, 2.24) is 0 Å². The molecule has 0 spiro atoms. The van der Waals surface area contributed by atoms with Crippen molar-refractivity contribution in [3.05, 3.63) is 29.3 Å². The molecule has 0 fully saturated rings. The molecule has 0 saturated heterocycles. The molecule has 15 heavy (non-hydrogen) atoms. The SMILES string of the molecule is Cc1cc(F)c(F)cc1OC(C)(C)C=O. The molecule has 0 aliphatic rings. The number of carbonyl (C=O) groups is 1. The summed E-state index contributed by atoms with van der Waals surface area (Å²) in [5, 5.41) is 0. The van der Waals surface area contributed by atoms with E-state index < -0.39 is 17.2 Å². The van der Waals surface area contributed by atoms with Crippen LogP contribution >= 0.6 is 0 Å². The van der Waals surface area contributed by atoms with Gasteiger partial charge in [0.15, 0.2) is 23.5 Å². The first-order valence-electron chi connectivity index (χ1n) is 4.47. The summed E-state index contributed by atoms with van der Waals surface area (Å²) in [6.07, 6.45) is 0.605. The zero-order valence-corrected chi connectivity index (χ0v) is 8.80. The zero-order chi connectivity index (χ0) is 11.6. The Kier molecular flexibility index (Phi) is 3.07. The maximum atomic E-state index is 12.9. The molecule has 0 aliphatic carbocycles. The zero-order valence-electron chi connectivity index (χ0n) is 8.80. The van der Waals surface area contributed by atoms with Gasteiger partial charge in [0.05, 0.1) is 0 Å². The van der Waals surface area contributed by atoms with Crippen LogP contribution in [0, 0.1) is 18.6 Å². The molecule has 2 nitrogen and oxygen atoms in total. The van der Waals surface area contributed by atoms with Gasteiger partial charge < -0.3 is 4.74 Å². The van der Waals surface area contributed by atoms with E-state index in [1.807, 2.05) is 0 Å². The fourth-order valence-corrected chi connectivity index (χ4v) is 1.05. The molecule has 4 heteroatoms. The van der Waals surface area contributed by atoms with Gasteiger partial charge in [0.1, 0.15) is 5.75 Å². The first-order chi connectivity index (χ1) is 6.85. The maximum Gasteiger partial charge on any atom is 0.162 e. The van der Waals surface area contributed by atoms with E-state index in [2.05, 4.69) is 0 Å². The van der Waals surface area contributed by atoms with Crippen molar-refractivity contribution in [2.24, 2.45) is 0 Å². The summed E-state index contributed by atoms with van der Waals surface area (Å²) in [5.41, 5.74) is -0.599. The summed E-state index contributed by atoms with van der Waals surface area (Å²) in [6.45, 7) is 4.67. The summed E-state index contributed by atoms with van der Waals surface area (Å²) in [7, 11) is 0. The first kappa shape index (κ1) is 11.6. The van der Waals surface area contributed by atoms with Crippen LogP contribution in [0.4, 0.5) is 8.78 Å². The fourth-order valence-electron chi connectivity index (χ4n) is 1.05. The summed E-state index contributed by atoms with van der Waals surface area (Å²) in [5.74, 6) is -1.74. The molecule has 0 aromatic heterocycles. The molecule has 0 atom stereocenters. The Morgan fingerprint density at radius 3 is 2.33 bits per heavy atom. The number of benzene rings is 1. The average Bonchev–Trinajstić information content (AvgIpc) is 2.14. The van der Waals surface area contributed by atoms with E-state index in [9.17, 15) is 13.6 Å². The van der Waals surface area contributed by atoms with Crippen molar-refractivity contribution in [1.29, 1.82) is 0 Å². The van der Waals surface area contributed by atoms with Gasteiger partial charge in [-0.05, 0) is 32.4 Å². The first-order valence-corrected chi connectivity index (χ1v) is 4.47. The molecule has 82 valence electrons. The fraction of sp³-hybridized carbons (Fsp3) is 0.364. The van der Waals surface area contributed by atoms with E-state index in [-0.39, 0.29) is 5.75 Å². The molecule has 1 aromatic carbocycles. The van der Waals surface area contributed by atoms with Crippen molar-refractivity contribution in [3.63, 3.8) is 0 Å². The van der Waals surface area contributed by atoms with Gasteiger partial charge in [0.25, 0.3) is 0 Å². The van der Waals surface area contributed by atoms with Crippen molar-refractivity contribution in [2.45, 2.75) is 26.4 Å². The molecule has 1 rings (SSSR count). The van der Waals surface area contributed by atoms with E-state index in [1.165, 1.54) is 0 Å². The third-order valence-electron chi connectivity index (χ3n) is 1.87. The third kappa shape index (κ3) is 2.75. The lowest BCUT2D eigenvalue weighted by atomic mass is 10.1. The minimum absolute atomic E-state index is 0.172. The van der Waals surface area contributed by atoms with Crippen molar-refractivity contribution in [2.75, 3.05) is 0 Å². The van der Waals surface area contributed by atoms with Gasteiger partial charge in [-0.3, -0.25) is 4.79 Å². The molecule has 0 heterocycles. The molecule has 0 saturated carbocycles. The van der Waals surface area contributed by atoms with Crippen LogP contribution in [0.2, 0.25) is 0 Å². The van der Waals surface area contributed by atoms with E-state index in [0.717, 1.165) is 12.1 Å². The number of ether oxygens (including phenoxy) is 1. The van der Waals surface area contributed by atoms with Gasteiger partial charge in [-0.2, -0.15) is 0 Å². The highest BCUT2D eigenvalue weighted by molar-refractivity contribution is 5.61. The van der Waals surface area contributed by atoms with E-state index in [0.29, 0.717) is 11.8 Å². The second kappa shape index (κ2) is 3.96. The normalized spacial score (nSPS) is 11.3. The molecule has 0 aliphatic heterocycles. The number of halogens is 2. The van der Waals surface area contributed by atoms with Gasteiger partial charge in [-0.25, -0.2) is 8.78 Å². The molecular weight excluding hydrogens is 202 g/mol. The molecule has 0 N–H and O–H groups in total. The standard InChI is InChI=1S/C11H12F2O2/c1-7-4-8(12)9(13)5-10(7)15-11(2,3)6-14/h4-6H,1-3H3. The smallest absolute Gasteiger partial charge is 0.162 e. The quantitative estimate of drug-likeness (QED) is 0.723. The van der Waals surface area contributed by atoms with Crippen LogP contribution < -0.4 is 4.74 Å².